The fourth-order valence-corrected chi connectivity index (χ4v) is 6.34. The van der Waals surface area contributed by atoms with Gasteiger partial charge in [0.15, 0.2) is 0 Å². The molecule has 0 aliphatic heterocycles. The van der Waals surface area contributed by atoms with Gasteiger partial charge in [-0.2, -0.15) is 0 Å². The molecule has 0 N–H and O–H groups in total. The predicted molar refractivity (Wildman–Crippen MR) is 169 cm³/mol. The zero-order chi connectivity index (χ0) is 26.3. The first-order valence-corrected chi connectivity index (χ1v) is 13.4. The maximum Gasteiger partial charge on any atom is 0.0339 e. The molecule has 0 unspecified atom stereocenters. The number of nitrogens with zero attached hydrogens (tertiary/aromatic N) is 1. The van der Waals surface area contributed by atoms with Gasteiger partial charge in [-0.3, -0.25) is 4.99 Å². The molecule has 184 valence electrons. The summed E-state index contributed by atoms with van der Waals surface area (Å²) in [4.78, 5) is 4.12. The topological polar surface area (TPSA) is 12.4 Å². The third kappa shape index (κ3) is 3.51. The Morgan fingerprint density at radius 2 is 1.10 bits per heavy atom. The lowest BCUT2D eigenvalue weighted by atomic mass is 9.82. The van der Waals surface area contributed by atoms with Crippen molar-refractivity contribution in [3.05, 3.63) is 139 Å². The molecule has 0 fully saturated rings. The Labute approximate surface area is 229 Å². The number of rotatable bonds is 5. The number of hydrogen-bond acceptors (Lipinski definition) is 1. The smallest absolute Gasteiger partial charge is 0.0339 e. The quantitative estimate of drug-likeness (QED) is 0.166. The number of fused-ring (bicyclic) bond motifs is 4. The monoisotopic (exact) mass is 497 g/mol. The summed E-state index contributed by atoms with van der Waals surface area (Å²) in [5.74, 6) is 0. The highest BCUT2D eigenvalue weighted by atomic mass is 14.6. The molecule has 1 heteroatoms. The van der Waals surface area contributed by atoms with Crippen molar-refractivity contribution in [1.29, 1.82) is 0 Å². The van der Waals surface area contributed by atoms with Crippen LogP contribution in [0.4, 0.5) is 0 Å². The number of benzene rings is 6. The highest BCUT2D eigenvalue weighted by Crippen LogP contribution is 2.58. The standard InChI is InChI=1S/C38H27N/c1-3-13-27(24-39-2)28-22-23-33-36-29(28)20-12-21-32(36)37-34(25-14-6-4-7-15-25)30-18-10-11-19-31(30)35(38(33)37)26-16-8-5-9-17-26/h3-24H,2H2,1H3/b13-3-,27-24+. The molecule has 0 atom stereocenters. The molecule has 6 aromatic carbocycles. The number of allylic oxidation sites excluding steroid dienone is 3. The molecule has 0 saturated carbocycles. The van der Waals surface area contributed by atoms with Gasteiger partial charge < -0.3 is 0 Å². The molecule has 0 aromatic heterocycles. The molecule has 1 nitrogen and oxygen atoms in total. The summed E-state index contributed by atoms with van der Waals surface area (Å²) >= 11 is 0. The molecule has 0 bridgehead atoms. The molecular formula is C38H27N. The third-order valence-corrected chi connectivity index (χ3v) is 7.81. The summed E-state index contributed by atoms with van der Waals surface area (Å²) in [5, 5.41) is 5.08. The van der Waals surface area contributed by atoms with Gasteiger partial charge in [0.1, 0.15) is 0 Å². The van der Waals surface area contributed by atoms with Crippen LogP contribution in [0, 0.1) is 0 Å². The first-order valence-electron chi connectivity index (χ1n) is 13.4. The van der Waals surface area contributed by atoms with E-state index in [1.807, 2.05) is 13.1 Å². The van der Waals surface area contributed by atoms with Crippen LogP contribution in [-0.2, 0) is 0 Å². The van der Waals surface area contributed by atoms with Crippen LogP contribution in [0.3, 0.4) is 0 Å². The van der Waals surface area contributed by atoms with E-state index in [2.05, 4.69) is 139 Å². The van der Waals surface area contributed by atoms with Crippen LogP contribution in [0.15, 0.2) is 139 Å². The molecule has 6 aromatic rings. The van der Waals surface area contributed by atoms with Crippen LogP contribution >= 0.6 is 0 Å². The van der Waals surface area contributed by atoms with Crippen LogP contribution in [0.1, 0.15) is 12.5 Å². The van der Waals surface area contributed by atoms with Gasteiger partial charge in [-0.15, -0.1) is 0 Å². The van der Waals surface area contributed by atoms with Crippen LogP contribution in [0.5, 0.6) is 0 Å². The second kappa shape index (κ2) is 9.38. The van der Waals surface area contributed by atoms with Crippen LogP contribution in [-0.4, -0.2) is 6.72 Å². The van der Waals surface area contributed by atoms with E-state index in [1.54, 1.807) is 0 Å². The third-order valence-electron chi connectivity index (χ3n) is 7.81. The van der Waals surface area contributed by atoms with Crippen molar-refractivity contribution in [2.75, 3.05) is 0 Å². The molecule has 0 amide bonds. The van der Waals surface area contributed by atoms with Crippen molar-refractivity contribution in [1.82, 2.24) is 0 Å². The van der Waals surface area contributed by atoms with E-state index in [1.165, 1.54) is 71.6 Å². The van der Waals surface area contributed by atoms with Gasteiger partial charge in [-0.1, -0.05) is 127 Å². The summed E-state index contributed by atoms with van der Waals surface area (Å²) in [6.45, 7) is 5.77. The van der Waals surface area contributed by atoms with Crippen LogP contribution < -0.4 is 0 Å². The molecule has 1 aliphatic rings. The van der Waals surface area contributed by atoms with E-state index in [0.29, 0.717) is 0 Å². The zero-order valence-corrected chi connectivity index (χ0v) is 21.9. The minimum Gasteiger partial charge on any atom is -0.272 e. The molecule has 0 saturated heterocycles. The number of aliphatic imine (C=N–C) groups is 1. The van der Waals surface area contributed by atoms with Crippen molar-refractivity contribution < 1.29 is 0 Å². The Morgan fingerprint density at radius 1 is 0.564 bits per heavy atom. The summed E-state index contributed by atoms with van der Waals surface area (Å²) in [6.07, 6.45) is 6.02. The Kier molecular flexibility index (Phi) is 5.56. The van der Waals surface area contributed by atoms with Crippen molar-refractivity contribution in [3.63, 3.8) is 0 Å². The van der Waals surface area contributed by atoms with Gasteiger partial charge in [0.25, 0.3) is 0 Å². The second-order valence-electron chi connectivity index (χ2n) is 9.93. The van der Waals surface area contributed by atoms with E-state index in [9.17, 15) is 0 Å². The highest BCUT2D eigenvalue weighted by Gasteiger charge is 2.31. The minimum absolute atomic E-state index is 1.06. The first-order chi connectivity index (χ1) is 19.3. The van der Waals surface area contributed by atoms with E-state index >= 15 is 0 Å². The molecule has 0 spiro atoms. The molecule has 0 radical (unpaired) electrons. The van der Waals surface area contributed by atoms with Crippen LogP contribution in [0.2, 0.25) is 0 Å². The Bertz CT molecular complexity index is 1870. The van der Waals surface area contributed by atoms with Gasteiger partial charge in [-0.25, -0.2) is 0 Å². The molecule has 7 rings (SSSR count). The SMILES string of the molecule is C=N/C=C(\C=C/C)c1ccc2c3c(cccc13)-c1c-2c(-c2ccccc2)c2ccccc2c1-c1ccccc1. The Balaban J connectivity index is 1.70. The Morgan fingerprint density at radius 3 is 1.67 bits per heavy atom. The predicted octanol–water partition coefficient (Wildman–Crippen LogP) is 10.6. The van der Waals surface area contributed by atoms with E-state index < -0.39 is 0 Å². The summed E-state index contributed by atoms with van der Waals surface area (Å²) in [6, 6.07) is 41.9. The number of hydrogen-bond donors (Lipinski definition) is 0. The summed E-state index contributed by atoms with van der Waals surface area (Å²) in [5.41, 5.74) is 12.5. The average Bonchev–Trinajstić information content (AvgIpc) is 3.32. The van der Waals surface area contributed by atoms with Crippen LogP contribution in [0.25, 0.3) is 71.6 Å². The lowest BCUT2D eigenvalue weighted by molar-refractivity contribution is 1.58. The summed E-state index contributed by atoms with van der Waals surface area (Å²) < 4.78 is 0. The average molecular weight is 498 g/mol. The second-order valence-corrected chi connectivity index (χ2v) is 9.93. The summed E-state index contributed by atoms with van der Waals surface area (Å²) in [7, 11) is 0. The van der Waals surface area contributed by atoms with Crippen molar-refractivity contribution in [2.24, 2.45) is 4.99 Å². The lowest BCUT2D eigenvalue weighted by Gasteiger charge is -2.20. The van der Waals surface area contributed by atoms with E-state index in [4.69, 9.17) is 0 Å². The van der Waals surface area contributed by atoms with Gasteiger partial charge in [0.05, 0.1) is 0 Å². The highest BCUT2D eigenvalue weighted by molar-refractivity contribution is 6.28. The molecule has 1 aliphatic carbocycles. The normalized spacial score (nSPS) is 12.4. The maximum absolute atomic E-state index is 4.12. The molecule has 39 heavy (non-hydrogen) atoms. The van der Waals surface area contributed by atoms with Gasteiger partial charge in [0, 0.05) is 11.8 Å². The van der Waals surface area contributed by atoms with Crippen molar-refractivity contribution in [2.45, 2.75) is 6.92 Å². The van der Waals surface area contributed by atoms with Gasteiger partial charge in [-0.05, 0) is 85.3 Å². The van der Waals surface area contributed by atoms with Crippen molar-refractivity contribution in [3.8, 4) is 44.5 Å². The van der Waals surface area contributed by atoms with Gasteiger partial charge in [0.2, 0.25) is 0 Å². The van der Waals surface area contributed by atoms with E-state index in [0.717, 1.165) is 5.57 Å². The minimum atomic E-state index is 1.06. The van der Waals surface area contributed by atoms with Gasteiger partial charge >= 0.3 is 0 Å². The zero-order valence-electron chi connectivity index (χ0n) is 21.9. The first kappa shape index (κ1) is 23.1. The molecule has 0 heterocycles. The maximum atomic E-state index is 4.12. The molecular weight excluding hydrogens is 470 g/mol. The largest absolute Gasteiger partial charge is 0.272 e. The lowest BCUT2D eigenvalue weighted by Crippen LogP contribution is -1.93. The Hall–Kier alpha value is -5.01. The fourth-order valence-electron chi connectivity index (χ4n) is 6.34. The van der Waals surface area contributed by atoms with Crippen molar-refractivity contribution >= 4 is 33.8 Å². The fraction of sp³-hybridized carbons (Fsp3) is 0.0263. The van der Waals surface area contributed by atoms with E-state index in [-0.39, 0.29) is 0 Å².